The monoisotopic (exact) mass is 266 g/mol. The molecule has 0 aromatic heterocycles. The molecule has 0 spiro atoms. The van der Waals surface area contributed by atoms with Crippen LogP contribution in [0.4, 0.5) is 26.3 Å². The molecule has 0 radical (unpaired) electrons. The van der Waals surface area contributed by atoms with E-state index >= 15 is 0 Å². The Balaban J connectivity index is 2.79. The van der Waals surface area contributed by atoms with E-state index in [0.29, 0.717) is 12.2 Å². The van der Waals surface area contributed by atoms with E-state index < -0.39 is 29.6 Å². The van der Waals surface area contributed by atoms with Gasteiger partial charge in [0.15, 0.2) is 5.06 Å². The lowest BCUT2D eigenvalue weighted by Gasteiger charge is -2.30. The van der Waals surface area contributed by atoms with Crippen molar-refractivity contribution in [2.75, 3.05) is 0 Å². The summed E-state index contributed by atoms with van der Waals surface area (Å²) in [5.74, 6) is -0.782. The van der Waals surface area contributed by atoms with Crippen LogP contribution in [0.25, 0.3) is 0 Å². The van der Waals surface area contributed by atoms with Crippen LogP contribution in [0.3, 0.4) is 0 Å². The molecule has 0 aromatic rings. The molecule has 1 unspecified atom stereocenters. The summed E-state index contributed by atoms with van der Waals surface area (Å²) >= 11 is 5.33. The van der Waals surface area contributed by atoms with Crippen molar-refractivity contribution >= 4 is 11.6 Å². The van der Waals surface area contributed by atoms with Crippen LogP contribution in [0.15, 0.2) is 24.1 Å². The molecule has 0 fully saturated rings. The zero-order valence-corrected chi connectivity index (χ0v) is 8.25. The van der Waals surface area contributed by atoms with Gasteiger partial charge in [-0.25, -0.2) is 4.39 Å². The van der Waals surface area contributed by atoms with Crippen LogP contribution in [0.5, 0.6) is 0 Å². The second-order valence-corrected chi connectivity index (χ2v) is 3.67. The van der Waals surface area contributed by atoms with Gasteiger partial charge in [0.25, 0.3) is 0 Å². The zero-order valence-electron chi connectivity index (χ0n) is 7.49. The minimum atomic E-state index is -5.87. The van der Waals surface area contributed by atoms with E-state index in [1.54, 1.807) is 0 Å². The average Bonchev–Trinajstić information content (AvgIpc) is 2.08. The summed E-state index contributed by atoms with van der Waals surface area (Å²) in [6.07, 6.45) is -9.88. The number of rotatable bonds is 2. The molecule has 1 aliphatic carbocycles. The summed E-state index contributed by atoms with van der Waals surface area (Å²) in [4.78, 5) is 0. The summed E-state index contributed by atoms with van der Waals surface area (Å²) < 4.78 is 76.3. The number of halogens is 7. The lowest BCUT2D eigenvalue weighted by molar-refractivity contribution is -0.403. The highest BCUT2D eigenvalue weighted by atomic mass is 35.5. The average molecular weight is 267 g/mol. The van der Waals surface area contributed by atoms with Crippen LogP contribution >= 0.6 is 11.6 Å². The molecule has 1 aliphatic rings. The van der Waals surface area contributed by atoms with Gasteiger partial charge in [0.05, 0.1) is 0 Å². The predicted molar refractivity (Wildman–Crippen MR) is 43.6 cm³/mol. The maximum atomic E-state index is 12.5. The molecule has 1 atom stereocenters. The van der Waals surface area contributed by atoms with Gasteiger partial charge in [0.2, 0.25) is 0 Å². The topological polar surface area (TPSA) is 9.23 Å². The SMILES string of the molecule is FC1=CCC(Cl)(OC(F)(F)C(F)(F)F)C=C1. The second-order valence-electron chi connectivity index (χ2n) is 3.03. The van der Waals surface area contributed by atoms with E-state index in [2.05, 4.69) is 4.74 Å². The lowest BCUT2D eigenvalue weighted by Crippen LogP contribution is -2.45. The van der Waals surface area contributed by atoms with Gasteiger partial charge in [-0.05, 0) is 18.2 Å². The third-order valence-corrected chi connectivity index (χ3v) is 2.05. The van der Waals surface area contributed by atoms with E-state index in [9.17, 15) is 26.3 Å². The minimum absolute atomic E-state index is 0.601. The maximum absolute atomic E-state index is 12.5. The fourth-order valence-electron chi connectivity index (χ4n) is 0.923. The third-order valence-electron chi connectivity index (χ3n) is 1.69. The van der Waals surface area contributed by atoms with E-state index in [-0.39, 0.29) is 0 Å². The van der Waals surface area contributed by atoms with Gasteiger partial charge in [0.1, 0.15) is 5.83 Å². The van der Waals surface area contributed by atoms with Crippen molar-refractivity contribution in [2.24, 2.45) is 0 Å². The van der Waals surface area contributed by atoms with E-state index in [4.69, 9.17) is 11.6 Å². The van der Waals surface area contributed by atoms with Crippen molar-refractivity contribution in [1.29, 1.82) is 0 Å². The van der Waals surface area contributed by atoms with Crippen LogP contribution in [-0.4, -0.2) is 17.3 Å². The largest absolute Gasteiger partial charge is 0.483 e. The Morgan fingerprint density at radius 2 is 1.81 bits per heavy atom. The van der Waals surface area contributed by atoms with Crippen LogP contribution in [0.2, 0.25) is 0 Å². The number of allylic oxidation sites excluding steroid dienone is 2. The van der Waals surface area contributed by atoms with Crippen molar-refractivity contribution in [3.63, 3.8) is 0 Å². The summed E-state index contributed by atoms with van der Waals surface area (Å²) in [6.45, 7) is 0. The molecule has 0 heterocycles. The lowest BCUT2D eigenvalue weighted by atomic mass is 10.1. The van der Waals surface area contributed by atoms with E-state index in [1.165, 1.54) is 0 Å². The number of hydrogen-bond acceptors (Lipinski definition) is 1. The molecule has 0 N–H and O–H groups in total. The molecule has 0 aliphatic heterocycles. The highest BCUT2D eigenvalue weighted by molar-refractivity contribution is 6.24. The molecule has 0 saturated heterocycles. The molecular formula is C8H5ClF6O. The maximum Gasteiger partial charge on any atom is 0.483 e. The van der Waals surface area contributed by atoms with Crippen LogP contribution in [0, 0.1) is 0 Å². The summed E-state index contributed by atoms with van der Waals surface area (Å²) in [7, 11) is 0. The van der Waals surface area contributed by atoms with Crippen molar-refractivity contribution in [1.82, 2.24) is 0 Å². The first-order valence-electron chi connectivity index (χ1n) is 3.94. The number of ether oxygens (including phenoxy) is 1. The molecule has 8 heteroatoms. The number of hydrogen-bond donors (Lipinski definition) is 0. The van der Waals surface area contributed by atoms with Gasteiger partial charge in [-0.1, -0.05) is 11.6 Å². The van der Waals surface area contributed by atoms with E-state index in [1.807, 2.05) is 0 Å². The van der Waals surface area contributed by atoms with Crippen LogP contribution in [-0.2, 0) is 4.74 Å². The Kier molecular flexibility index (Phi) is 3.31. The molecule has 0 bridgehead atoms. The van der Waals surface area contributed by atoms with Gasteiger partial charge < -0.3 is 0 Å². The number of alkyl halides is 6. The molecular weight excluding hydrogens is 262 g/mol. The summed E-state index contributed by atoms with van der Waals surface area (Å²) in [6, 6.07) is 0. The van der Waals surface area contributed by atoms with Crippen LogP contribution < -0.4 is 0 Å². The van der Waals surface area contributed by atoms with E-state index in [0.717, 1.165) is 6.08 Å². The van der Waals surface area contributed by atoms with Gasteiger partial charge in [0, 0.05) is 6.42 Å². The Labute approximate surface area is 91.3 Å². The van der Waals surface area contributed by atoms with Gasteiger partial charge in [-0.3, -0.25) is 4.74 Å². The smallest absolute Gasteiger partial charge is 0.287 e. The fraction of sp³-hybridized carbons (Fsp3) is 0.500. The molecule has 0 saturated carbocycles. The first-order valence-corrected chi connectivity index (χ1v) is 4.32. The highest BCUT2D eigenvalue weighted by Gasteiger charge is 2.62. The van der Waals surface area contributed by atoms with Crippen LogP contribution in [0.1, 0.15) is 6.42 Å². The van der Waals surface area contributed by atoms with Gasteiger partial charge in [-0.15, -0.1) is 0 Å². The first kappa shape index (κ1) is 13.4. The molecule has 0 aromatic carbocycles. The predicted octanol–water partition coefficient (Wildman–Crippen LogP) is 3.91. The fourth-order valence-corrected chi connectivity index (χ4v) is 1.16. The first-order chi connectivity index (χ1) is 7.06. The normalized spacial score (nSPS) is 26.8. The molecule has 92 valence electrons. The highest BCUT2D eigenvalue weighted by Crippen LogP contribution is 2.43. The second kappa shape index (κ2) is 3.96. The van der Waals surface area contributed by atoms with Crippen molar-refractivity contribution in [2.45, 2.75) is 23.8 Å². The third kappa shape index (κ3) is 2.91. The molecule has 0 amide bonds. The summed E-state index contributed by atoms with van der Waals surface area (Å²) in [5, 5.41) is -2.39. The Hall–Kier alpha value is -0.690. The van der Waals surface area contributed by atoms with Crippen molar-refractivity contribution in [3.05, 3.63) is 24.1 Å². The Morgan fingerprint density at radius 3 is 2.19 bits per heavy atom. The molecule has 1 nitrogen and oxygen atoms in total. The van der Waals surface area contributed by atoms with Gasteiger partial charge in [-0.2, -0.15) is 22.0 Å². The molecule has 16 heavy (non-hydrogen) atoms. The van der Waals surface area contributed by atoms with Crippen molar-refractivity contribution in [3.8, 4) is 0 Å². The van der Waals surface area contributed by atoms with Crippen molar-refractivity contribution < 1.29 is 31.1 Å². The minimum Gasteiger partial charge on any atom is -0.287 e. The Bertz CT molecular complexity index is 334. The zero-order chi connectivity index (χ0) is 12.6. The quantitative estimate of drug-likeness (QED) is 0.544. The molecule has 1 rings (SSSR count). The summed E-state index contributed by atoms with van der Waals surface area (Å²) in [5.41, 5.74) is 0. The Morgan fingerprint density at radius 1 is 1.25 bits per heavy atom. The standard InChI is InChI=1S/C8H5ClF6O/c9-6(3-1-5(10)2-4-6)16-8(14,15)7(11,12)13/h1-3H,4H2. The van der Waals surface area contributed by atoms with Gasteiger partial charge >= 0.3 is 12.3 Å².